The normalized spacial score (nSPS) is 19.3. The van der Waals surface area contributed by atoms with Crippen LogP contribution in [-0.2, 0) is 4.74 Å². The average molecular weight is 305 g/mol. The van der Waals surface area contributed by atoms with Crippen LogP contribution < -0.4 is 4.90 Å². The van der Waals surface area contributed by atoms with Gasteiger partial charge in [0.1, 0.15) is 11.4 Å². The number of carbonyl (C=O) groups excluding carboxylic acids is 1. The molecule has 1 aromatic rings. The summed E-state index contributed by atoms with van der Waals surface area (Å²) in [6.45, 7) is 14.0. The smallest absolute Gasteiger partial charge is 0.410 e. The molecule has 0 unspecified atom stereocenters. The van der Waals surface area contributed by atoms with Crippen LogP contribution in [0, 0.1) is 13.8 Å². The molecule has 5 nitrogen and oxygen atoms in total. The fourth-order valence-electron chi connectivity index (χ4n) is 2.77. The molecule has 1 amide bonds. The number of anilines is 1. The van der Waals surface area contributed by atoms with Gasteiger partial charge < -0.3 is 14.5 Å². The molecule has 0 radical (unpaired) electrons. The Morgan fingerprint density at radius 1 is 1.32 bits per heavy atom. The first-order chi connectivity index (χ1) is 10.2. The number of hydrogen-bond acceptors (Lipinski definition) is 4. The lowest BCUT2D eigenvalue weighted by Gasteiger charge is -2.41. The van der Waals surface area contributed by atoms with Crippen LogP contribution in [0.25, 0.3) is 0 Å². The molecule has 2 heterocycles. The van der Waals surface area contributed by atoms with Crippen LogP contribution in [0.5, 0.6) is 0 Å². The van der Waals surface area contributed by atoms with Crippen LogP contribution in [0.4, 0.5) is 10.6 Å². The quantitative estimate of drug-likeness (QED) is 0.799. The second kappa shape index (κ2) is 6.15. The number of carbonyl (C=O) groups is 1. The van der Waals surface area contributed by atoms with Gasteiger partial charge in [-0.1, -0.05) is 6.07 Å². The van der Waals surface area contributed by atoms with Crippen LogP contribution >= 0.6 is 0 Å². The molecule has 2 rings (SSSR count). The van der Waals surface area contributed by atoms with E-state index in [4.69, 9.17) is 4.74 Å². The monoisotopic (exact) mass is 305 g/mol. The van der Waals surface area contributed by atoms with Crippen molar-refractivity contribution in [3.63, 3.8) is 0 Å². The zero-order chi connectivity index (χ0) is 16.5. The maximum Gasteiger partial charge on any atom is 0.410 e. The largest absolute Gasteiger partial charge is 0.444 e. The maximum absolute atomic E-state index is 12.2. The first kappa shape index (κ1) is 16.6. The molecule has 1 aliphatic rings. The maximum atomic E-state index is 12.2. The van der Waals surface area contributed by atoms with E-state index in [1.807, 2.05) is 33.9 Å². The van der Waals surface area contributed by atoms with E-state index in [0.717, 1.165) is 12.4 Å². The van der Waals surface area contributed by atoms with Gasteiger partial charge in [-0.05, 0) is 52.7 Å². The number of nitrogens with zero attached hydrogens (tertiary/aromatic N) is 3. The molecule has 1 aromatic heterocycles. The molecular formula is C17H27N3O2. The molecule has 22 heavy (non-hydrogen) atoms. The van der Waals surface area contributed by atoms with Crippen molar-refractivity contribution in [2.45, 2.75) is 53.2 Å². The van der Waals surface area contributed by atoms with E-state index in [0.29, 0.717) is 13.1 Å². The van der Waals surface area contributed by atoms with E-state index < -0.39 is 5.60 Å². The third kappa shape index (κ3) is 3.90. The van der Waals surface area contributed by atoms with Crippen molar-refractivity contribution in [2.24, 2.45) is 0 Å². The van der Waals surface area contributed by atoms with Crippen LogP contribution in [0.1, 0.15) is 38.8 Å². The molecule has 1 atom stereocenters. The topological polar surface area (TPSA) is 45.7 Å². The van der Waals surface area contributed by atoms with Gasteiger partial charge in [0.15, 0.2) is 0 Å². The molecule has 1 saturated heterocycles. The molecular weight excluding hydrogens is 278 g/mol. The van der Waals surface area contributed by atoms with E-state index in [1.165, 1.54) is 11.1 Å². The first-order valence-electron chi connectivity index (χ1n) is 7.85. The molecule has 0 aliphatic carbocycles. The minimum absolute atomic E-state index is 0.218. The minimum atomic E-state index is -0.452. The Labute approximate surface area is 133 Å². The van der Waals surface area contributed by atoms with Gasteiger partial charge in [0, 0.05) is 31.9 Å². The zero-order valence-electron chi connectivity index (χ0n) is 14.5. The third-order valence-electron chi connectivity index (χ3n) is 3.74. The van der Waals surface area contributed by atoms with Crippen LogP contribution in [0.15, 0.2) is 12.3 Å². The summed E-state index contributed by atoms with van der Waals surface area (Å²) >= 11 is 0. The molecule has 1 fully saturated rings. The summed E-state index contributed by atoms with van der Waals surface area (Å²) in [5.41, 5.74) is 1.89. The van der Waals surface area contributed by atoms with Gasteiger partial charge in [-0.15, -0.1) is 0 Å². The Kier molecular flexibility index (Phi) is 4.63. The van der Waals surface area contributed by atoms with Crippen molar-refractivity contribution in [2.75, 3.05) is 24.5 Å². The van der Waals surface area contributed by atoms with Crippen molar-refractivity contribution in [1.29, 1.82) is 0 Å². The third-order valence-corrected chi connectivity index (χ3v) is 3.74. The lowest BCUT2D eigenvalue weighted by Crippen LogP contribution is -2.55. The number of amides is 1. The highest BCUT2D eigenvalue weighted by Crippen LogP contribution is 2.23. The van der Waals surface area contributed by atoms with E-state index in [-0.39, 0.29) is 12.1 Å². The highest BCUT2D eigenvalue weighted by atomic mass is 16.6. The van der Waals surface area contributed by atoms with E-state index >= 15 is 0 Å². The number of aryl methyl sites for hydroxylation is 2. The number of hydrogen-bond donors (Lipinski definition) is 0. The molecule has 122 valence electrons. The molecule has 5 heteroatoms. The van der Waals surface area contributed by atoms with Gasteiger partial charge in [0.25, 0.3) is 0 Å². The SMILES string of the molecule is Cc1cnc(N2CCN(C(=O)OC(C)(C)C)C[C@@H]2C)c(C)c1. The van der Waals surface area contributed by atoms with Gasteiger partial charge in [-0.2, -0.15) is 0 Å². The number of piperazine rings is 1. The van der Waals surface area contributed by atoms with Crippen molar-refractivity contribution in [3.05, 3.63) is 23.4 Å². The van der Waals surface area contributed by atoms with Gasteiger partial charge in [0.05, 0.1) is 0 Å². The Morgan fingerprint density at radius 2 is 2.00 bits per heavy atom. The Hall–Kier alpha value is -1.78. The average Bonchev–Trinajstić information content (AvgIpc) is 2.37. The van der Waals surface area contributed by atoms with Crippen LogP contribution in [0.3, 0.4) is 0 Å². The number of pyridine rings is 1. The highest BCUT2D eigenvalue weighted by Gasteiger charge is 2.30. The lowest BCUT2D eigenvalue weighted by molar-refractivity contribution is 0.0218. The van der Waals surface area contributed by atoms with Crippen LogP contribution in [-0.4, -0.2) is 47.3 Å². The van der Waals surface area contributed by atoms with Gasteiger partial charge >= 0.3 is 6.09 Å². The molecule has 0 bridgehead atoms. The predicted molar refractivity (Wildman–Crippen MR) is 88.3 cm³/mol. The molecule has 0 spiro atoms. The standard InChI is InChI=1S/C17H27N3O2/c1-12-9-13(2)15(18-10-12)20-8-7-19(11-14(20)3)16(21)22-17(4,5)6/h9-10,14H,7-8,11H2,1-6H3/t14-/m0/s1. The Balaban J connectivity index is 2.05. The summed E-state index contributed by atoms with van der Waals surface area (Å²) in [5.74, 6) is 1.02. The number of rotatable bonds is 1. The van der Waals surface area contributed by atoms with Gasteiger partial charge in [0.2, 0.25) is 0 Å². The Morgan fingerprint density at radius 3 is 2.55 bits per heavy atom. The highest BCUT2D eigenvalue weighted by molar-refractivity contribution is 5.68. The van der Waals surface area contributed by atoms with Gasteiger partial charge in [-0.3, -0.25) is 0 Å². The second-order valence-electron chi connectivity index (χ2n) is 7.12. The van der Waals surface area contributed by atoms with Crippen molar-refractivity contribution in [3.8, 4) is 0 Å². The van der Waals surface area contributed by atoms with Crippen molar-refractivity contribution in [1.82, 2.24) is 9.88 Å². The zero-order valence-corrected chi connectivity index (χ0v) is 14.5. The fourth-order valence-corrected chi connectivity index (χ4v) is 2.77. The Bertz CT molecular complexity index is 551. The summed E-state index contributed by atoms with van der Waals surface area (Å²) in [7, 11) is 0. The van der Waals surface area contributed by atoms with Crippen molar-refractivity contribution < 1.29 is 9.53 Å². The predicted octanol–water partition coefficient (Wildman–Crippen LogP) is 3.14. The summed E-state index contributed by atoms with van der Waals surface area (Å²) in [6.07, 6.45) is 1.67. The lowest BCUT2D eigenvalue weighted by atomic mass is 10.1. The fraction of sp³-hybridized carbons (Fsp3) is 0.647. The second-order valence-corrected chi connectivity index (χ2v) is 7.12. The van der Waals surface area contributed by atoms with E-state index in [9.17, 15) is 4.79 Å². The van der Waals surface area contributed by atoms with E-state index in [2.05, 4.69) is 29.8 Å². The van der Waals surface area contributed by atoms with Crippen LogP contribution in [0.2, 0.25) is 0 Å². The minimum Gasteiger partial charge on any atom is -0.444 e. The van der Waals surface area contributed by atoms with Crippen molar-refractivity contribution >= 4 is 11.9 Å². The first-order valence-corrected chi connectivity index (χ1v) is 7.85. The summed E-state index contributed by atoms with van der Waals surface area (Å²) in [4.78, 5) is 20.8. The number of ether oxygens (including phenoxy) is 1. The number of aromatic nitrogens is 1. The summed E-state index contributed by atoms with van der Waals surface area (Å²) in [6, 6.07) is 2.37. The molecule has 0 N–H and O–H groups in total. The van der Waals surface area contributed by atoms with E-state index in [1.54, 1.807) is 4.90 Å². The van der Waals surface area contributed by atoms with Gasteiger partial charge in [-0.25, -0.2) is 9.78 Å². The molecule has 0 aromatic carbocycles. The summed E-state index contributed by atoms with van der Waals surface area (Å²) < 4.78 is 5.46. The summed E-state index contributed by atoms with van der Waals surface area (Å²) in [5, 5.41) is 0. The molecule has 1 aliphatic heterocycles. The molecule has 0 saturated carbocycles.